The second-order valence-electron chi connectivity index (χ2n) is 4.32. The van der Waals surface area contributed by atoms with Crippen molar-refractivity contribution in [1.82, 2.24) is 0 Å². The van der Waals surface area contributed by atoms with Gasteiger partial charge in [0.05, 0.1) is 13.2 Å². The summed E-state index contributed by atoms with van der Waals surface area (Å²) >= 11 is 0. The molecule has 0 atom stereocenters. The molecule has 0 saturated carbocycles. The number of benzene rings is 1. The van der Waals surface area contributed by atoms with Gasteiger partial charge >= 0.3 is 5.97 Å². The number of carboxylic acids is 1. The number of aliphatic carboxylic acids is 1. The molecular formula is C15H21NO5. The van der Waals surface area contributed by atoms with Gasteiger partial charge in [0.15, 0.2) is 11.5 Å². The minimum Gasteiger partial charge on any atom is -0.490 e. The monoisotopic (exact) mass is 295 g/mol. The number of hydrogen-bond donors (Lipinski definition) is 2. The molecule has 1 rings (SSSR count). The molecule has 1 aromatic rings. The second kappa shape index (κ2) is 8.84. The summed E-state index contributed by atoms with van der Waals surface area (Å²) in [7, 11) is 0. The summed E-state index contributed by atoms with van der Waals surface area (Å²) in [6.45, 7) is 4.78. The van der Waals surface area contributed by atoms with Gasteiger partial charge in [0.1, 0.15) is 0 Å². The Morgan fingerprint density at radius 3 is 2.38 bits per heavy atom. The summed E-state index contributed by atoms with van der Waals surface area (Å²) in [6, 6.07) is 5.16. The molecule has 0 radical (unpaired) electrons. The van der Waals surface area contributed by atoms with Gasteiger partial charge in [-0.25, -0.2) is 0 Å². The van der Waals surface area contributed by atoms with Gasteiger partial charge in [-0.2, -0.15) is 0 Å². The van der Waals surface area contributed by atoms with Gasteiger partial charge in [-0.3, -0.25) is 9.59 Å². The van der Waals surface area contributed by atoms with Crippen LogP contribution in [0.15, 0.2) is 18.2 Å². The fourth-order valence-corrected chi connectivity index (χ4v) is 1.75. The number of ether oxygens (including phenoxy) is 2. The van der Waals surface area contributed by atoms with Crippen LogP contribution in [0.2, 0.25) is 0 Å². The van der Waals surface area contributed by atoms with Crippen LogP contribution >= 0.6 is 0 Å². The molecule has 21 heavy (non-hydrogen) atoms. The van der Waals surface area contributed by atoms with Crippen molar-refractivity contribution in [1.29, 1.82) is 0 Å². The lowest BCUT2D eigenvalue weighted by molar-refractivity contribution is -0.137. The SMILES string of the molecule is CCOc1ccc(NC(=O)CCCC(=O)O)cc1OCC. The van der Waals surface area contributed by atoms with Gasteiger partial charge in [-0.15, -0.1) is 0 Å². The molecule has 1 aromatic carbocycles. The number of rotatable bonds is 9. The standard InChI is InChI=1S/C15H21NO5/c1-3-20-12-9-8-11(10-13(12)21-4-2)16-14(17)6-5-7-15(18)19/h8-10H,3-7H2,1-2H3,(H,16,17)(H,18,19). The summed E-state index contributed by atoms with van der Waals surface area (Å²) in [6.07, 6.45) is 0.473. The Morgan fingerprint density at radius 2 is 1.76 bits per heavy atom. The van der Waals surface area contributed by atoms with Crippen LogP contribution < -0.4 is 14.8 Å². The average Bonchev–Trinajstić information content (AvgIpc) is 2.41. The fraction of sp³-hybridized carbons (Fsp3) is 0.467. The number of carbonyl (C=O) groups excluding carboxylic acids is 1. The lowest BCUT2D eigenvalue weighted by Gasteiger charge is -2.13. The topological polar surface area (TPSA) is 84.9 Å². The zero-order chi connectivity index (χ0) is 15.7. The number of anilines is 1. The van der Waals surface area contributed by atoms with Gasteiger partial charge in [0.2, 0.25) is 5.91 Å². The summed E-state index contributed by atoms with van der Waals surface area (Å²) in [5.41, 5.74) is 0.599. The van der Waals surface area contributed by atoms with Crippen LogP contribution in [-0.4, -0.2) is 30.2 Å². The minimum atomic E-state index is -0.900. The molecule has 0 aromatic heterocycles. The van der Waals surface area contributed by atoms with E-state index in [-0.39, 0.29) is 18.7 Å². The Balaban J connectivity index is 2.64. The zero-order valence-electron chi connectivity index (χ0n) is 12.3. The van der Waals surface area contributed by atoms with E-state index < -0.39 is 5.97 Å². The first kappa shape index (κ1) is 16.8. The van der Waals surface area contributed by atoms with Gasteiger partial charge in [0, 0.05) is 24.6 Å². The van der Waals surface area contributed by atoms with Crippen molar-refractivity contribution in [3.05, 3.63) is 18.2 Å². The molecule has 0 fully saturated rings. The normalized spacial score (nSPS) is 10.0. The van der Waals surface area contributed by atoms with Crippen LogP contribution in [-0.2, 0) is 9.59 Å². The third kappa shape index (κ3) is 6.16. The number of amides is 1. The van der Waals surface area contributed by atoms with Gasteiger partial charge < -0.3 is 19.9 Å². The molecular weight excluding hydrogens is 274 g/mol. The van der Waals surface area contributed by atoms with E-state index in [1.165, 1.54) is 0 Å². The third-order valence-corrected chi connectivity index (χ3v) is 2.62. The maximum Gasteiger partial charge on any atom is 0.303 e. The van der Waals surface area contributed by atoms with E-state index in [1.807, 2.05) is 13.8 Å². The number of carboxylic acid groups (broad SMARTS) is 1. The molecule has 0 aliphatic carbocycles. The maximum absolute atomic E-state index is 11.7. The van der Waals surface area contributed by atoms with Crippen LogP contribution in [0, 0.1) is 0 Å². The molecule has 6 nitrogen and oxygen atoms in total. The molecule has 0 aliphatic heterocycles. The van der Waals surface area contributed by atoms with Crippen molar-refractivity contribution in [2.24, 2.45) is 0 Å². The van der Waals surface area contributed by atoms with Crippen LogP contribution in [0.5, 0.6) is 11.5 Å². The zero-order valence-corrected chi connectivity index (χ0v) is 12.3. The third-order valence-electron chi connectivity index (χ3n) is 2.62. The summed E-state index contributed by atoms with van der Waals surface area (Å²) in [5, 5.41) is 11.2. The van der Waals surface area contributed by atoms with E-state index in [4.69, 9.17) is 14.6 Å². The van der Waals surface area contributed by atoms with Crippen LogP contribution in [0.4, 0.5) is 5.69 Å². The van der Waals surface area contributed by atoms with Crippen molar-refractivity contribution in [2.45, 2.75) is 33.1 Å². The maximum atomic E-state index is 11.7. The quantitative estimate of drug-likeness (QED) is 0.731. The van der Waals surface area contributed by atoms with Crippen LogP contribution in [0.3, 0.4) is 0 Å². The smallest absolute Gasteiger partial charge is 0.303 e. The van der Waals surface area contributed by atoms with Crippen molar-refractivity contribution in [2.75, 3.05) is 18.5 Å². The predicted molar refractivity (Wildman–Crippen MR) is 78.9 cm³/mol. The Labute approximate surface area is 124 Å². The first-order chi connectivity index (χ1) is 10.1. The van der Waals surface area contributed by atoms with E-state index in [9.17, 15) is 9.59 Å². The van der Waals surface area contributed by atoms with Crippen molar-refractivity contribution in [3.63, 3.8) is 0 Å². The van der Waals surface area contributed by atoms with Gasteiger partial charge in [-0.1, -0.05) is 0 Å². The largest absolute Gasteiger partial charge is 0.490 e. The second-order valence-corrected chi connectivity index (χ2v) is 4.32. The highest BCUT2D eigenvalue weighted by Crippen LogP contribution is 2.30. The highest BCUT2D eigenvalue weighted by molar-refractivity contribution is 5.91. The number of carbonyl (C=O) groups is 2. The molecule has 0 unspecified atom stereocenters. The summed E-state index contributed by atoms with van der Waals surface area (Å²) in [4.78, 5) is 22.1. The van der Waals surface area contributed by atoms with Gasteiger partial charge in [0.25, 0.3) is 0 Å². The first-order valence-electron chi connectivity index (χ1n) is 6.98. The molecule has 1 amide bonds. The van der Waals surface area contributed by atoms with Crippen LogP contribution in [0.1, 0.15) is 33.1 Å². The lowest BCUT2D eigenvalue weighted by atomic mass is 10.2. The van der Waals surface area contributed by atoms with Crippen molar-refractivity contribution in [3.8, 4) is 11.5 Å². The summed E-state index contributed by atoms with van der Waals surface area (Å²) < 4.78 is 10.9. The van der Waals surface area contributed by atoms with E-state index in [2.05, 4.69) is 5.32 Å². The van der Waals surface area contributed by atoms with E-state index in [0.717, 1.165) is 0 Å². The van der Waals surface area contributed by atoms with E-state index in [0.29, 0.717) is 36.8 Å². The Morgan fingerprint density at radius 1 is 1.10 bits per heavy atom. The highest BCUT2D eigenvalue weighted by atomic mass is 16.5. The van der Waals surface area contributed by atoms with Gasteiger partial charge in [-0.05, 0) is 32.4 Å². The van der Waals surface area contributed by atoms with Crippen molar-refractivity contribution < 1.29 is 24.2 Å². The molecule has 0 spiro atoms. The van der Waals surface area contributed by atoms with Crippen molar-refractivity contribution >= 4 is 17.6 Å². The van der Waals surface area contributed by atoms with E-state index in [1.54, 1.807) is 18.2 Å². The molecule has 116 valence electrons. The molecule has 0 heterocycles. The highest BCUT2D eigenvalue weighted by Gasteiger charge is 2.09. The lowest BCUT2D eigenvalue weighted by Crippen LogP contribution is -2.12. The average molecular weight is 295 g/mol. The first-order valence-corrected chi connectivity index (χ1v) is 6.98. The molecule has 6 heteroatoms. The molecule has 0 aliphatic rings. The predicted octanol–water partition coefficient (Wildman–Crippen LogP) is 2.68. The Bertz CT molecular complexity index is 487. The molecule has 2 N–H and O–H groups in total. The number of hydrogen-bond acceptors (Lipinski definition) is 4. The Hall–Kier alpha value is -2.24. The van der Waals surface area contributed by atoms with Crippen LogP contribution in [0.25, 0.3) is 0 Å². The molecule has 0 saturated heterocycles. The molecule has 0 bridgehead atoms. The Kier molecular flexibility index (Phi) is 7.08. The van der Waals surface area contributed by atoms with E-state index >= 15 is 0 Å². The number of nitrogens with one attached hydrogen (secondary N) is 1. The minimum absolute atomic E-state index is 0.0130. The summed E-state index contributed by atoms with van der Waals surface area (Å²) in [5.74, 6) is 0.0799. The fourth-order valence-electron chi connectivity index (χ4n) is 1.75.